The number of ketones is 1. The highest BCUT2D eigenvalue weighted by Gasteiger charge is 2.28. The third-order valence-corrected chi connectivity index (χ3v) is 7.40. The minimum atomic E-state index is -1.08. The van der Waals surface area contributed by atoms with Gasteiger partial charge in [-0.1, -0.05) is 11.6 Å². The molecule has 2 N–H and O–H groups in total. The molecule has 1 fully saturated rings. The van der Waals surface area contributed by atoms with Gasteiger partial charge in [0, 0.05) is 47.7 Å². The number of piperidine rings is 1. The first-order valence-electron chi connectivity index (χ1n) is 10.2. The Hall–Kier alpha value is -2.32. The van der Waals surface area contributed by atoms with E-state index in [0.717, 1.165) is 21.8 Å². The van der Waals surface area contributed by atoms with Gasteiger partial charge in [-0.3, -0.25) is 19.2 Å². The minimum absolute atomic E-state index is 0.0641. The Kier molecular flexibility index (Phi) is 7.43. The normalized spacial score (nSPS) is 18.0. The molecule has 31 heavy (non-hydrogen) atoms. The summed E-state index contributed by atoms with van der Waals surface area (Å²) in [4.78, 5) is 50.4. The molecule has 1 aromatic carbocycles. The van der Waals surface area contributed by atoms with Crippen LogP contribution in [0.4, 0.5) is 0 Å². The van der Waals surface area contributed by atoms with Crippen LogP contribution in [0.15, 0.2) is 17.0 Å². The number of nitrogens with one attached hydrogen (secondary N) is 1. The lowest BCUT2D eigenvalue weighted by Gasteiger charge is -2.31. The van der Waals surface area contributed by atoms with Gasteiger partial charge >= 0.3 is 5.97 Å². The Morgan fingerprint density at radius 1 is 1.32 bits per heavy atom. The van der Waals surface area contributed by atoms with E-state index in [1.54, 1.807) is 28.8 Å². The number of carboxylic acid groups (broad SMARTS) is 1. The summed E-state index contributed by atoms with van der Waals surface area (Å²) in [6, 6.07) is 0.863. The number of aliphatic carboxylic acids is 1. The summed E-state index contributed by atoms with van der Waals surface area (Å²) < 4.78 is 0. The van der Waals surface area contributed by atoms with E-state index in [0.29, 0.717) is 42.9 Å². The predicted molar refractivity (Wildman–Crippen MR) is 119 cm³/mol. The van der Waals surface area contributed by atoms with E-state index in [2.05, 4.69) is 5.32 Å². The number of thioether (sulfide) groups is 1. The summed E-state index contributed by atoms with van der Waals surface area (Å²) in [5.41, 5.74) is 2.18. The van der Waals surface area contributed by atoms with Gasteiger partial charge < -0.3 is 15.3 Å². The van der Waals surface area contributed by atoms with Crippen molar-refractivity contribution in [1.29, 1.82) is 0 Å². The maximum atomic E-state index is 12.6. The monoisotopic (exact) mass is 464 g/mol. The predicted octanol–water partition coefficient (Wildman–Crippen LogP) is 3.17. The smallest absolute Gasteiger partial charge is 0.325 e. The van der Waals surface area contributed by atoms with E-state index in [4.69, 9.17) is 16.7 Å². The number of carbonyl (C=O) groups excluding carboxylic acids is 3. The maximum absolute atomic E-state index is 12.6. The van der Waals surface area contributed by atoms with Crippen LogP contribution in [0.2, 0.25) is 5.02 Å². The summed E-state index contributed by atoms with van der Waals surface area (Å²) in [5, 5.41) is 12.0. The number of rotatable bonds is 5. The fourth-order valence-corrected chi connectivity index (χ4v) is 5.14. The second-order valence-corrected chi connectivity index (χ2v) is 9.29. The Balaban J connectivity index is 1.62. The lowest BCUT2D eigenvalue weighted by molar-refractivity contribution is -0.142. The third-order valence-electron chi connectivity index (χ3n) is 5.69. The summed E-state index contributed by atoms with van der Waals surface area (Å²) in [5.74, 6) is -1.06. The second kappa shape index (κ2) is 9.87. The number of fused-ring (bicyclic) bond motifs is 1. The van der Waals surface area contributed by atoms with Crippen LogP contribution in [0.1, 0.15) is 47.7 Å². The van der Waals surface area contributed by atoms with Crippen LogP contribution in [-0.2, 0) is 14.4 Å². The first-order valence-corrected chi connectivity index (χ1v) is 11.5. The SMILES string of the molecule is Cc1c(/C=C/C(=O)N2CCC(C(=O)N[C@@H](C)C(=O)O)CC2)cc2c(c1Cl)SCCC2=O. The molecule has 1 saturated heterocycles. The first-order chi connectivity index (χ1) is 14.7. The molecule has 2 aliphatic rings. The van der Waals surface area contributed by atoms with Gasteiger partial charge in [-0.15, -0.1) is 11.8 Å². The molecule has 2 amide bonds. The van der Waals surface area contributed by atoms with Crippen molar-refractivity contribution in [1.82, 2.24) is 10.2 Å². The van der Waals surface area contributed by atoms with Gasteiger partial charge in [0.2, 0.25) is 11.8 Å². The molecule has 1 aromatic rings. The molecule has 0 aromatic heterocycles. The van der Waals surface area contributed by atoms with Gasteiger partial charge in [0.25, 0.3) is 0 Å². The molecular weight excluding hydrogens is 440 g/mol. The van der Waals surface area contributed by atoms with Gasteiger partial charge in [0.05, 0.1) is 5.02 Å². The lowest BCUT2D eigenvalue weighted by Crippen LogP contribution is -2.46. The fraction of sp³-hybridized carbons (Fsp3) is 0.455. The molecular formula is C22H25ClN2O5S. The summed E-state index contributed by atoms with van der Waals surface area (Å²) in [7, 11) is 0. The molecule has 2 heterocycles. The van der Waals surface area contributed by atoms with Gasteiger partial charge in [0.1, 0.15) is 6.04 Å². The number of benzene rings is 1. The van der Waals surface area contributed by atoms with Crippen LogP contribution in [0.25, 0.3) is 6.08 Å². The number of likely N-dealkylation sites (tertiary alicyclic amines) is 1. The molecule has 0 spiro atoms. The third kappa shape index (κ3) is 5.30. The Morgan fingerprint density at radius 3 is 2.65 bits per heavy atom. The number of amides is 2. The highest BCUT2D eigenvalue weighted by Crippen LogP contribution is 2.39. The van der Waals surface area contributed by atoms with Crippen molar-refractivity contribution in [2.45, 2.75) is 44.0 Å². The van der Waals surface area contributed by atoms with Gasteiger partial charge in [-0.05, 0) is 50.0 Å². The zero-order valence-electron chi connectivity index (χ0n) is 17.4. The van der Waals surface area contributed by atoms with E-state index < -0.39 is 12.0 Å². The number of Topliss-reactive ketones (excluding diaryl/α,β-unsaturated/α-hetero) is 1. The van der Waals surface area contributed by atoms with E-state index in [-0.39, 0.29) is 23.5 Å². The van der Waals surface area contributed by atoms with Gasteiger partial charge in [-0.2, -0.15) is 0 Å². The Morgan fingerprint density at radius 2 is 2.00 bits per heavy atom. The second-order valence-electron chi connectivity index (χ2n) is 7.80. The quantitative estimate of drug-likeness (QED) is 0.648. The molecule has 0 saturated carbocycles. The molecule has 0 radical (unpaired) electrons. The fourth-order valence-electron chi connectivity index (χ4n) is 3.67. The van der Waals surface area contributed by atoms with Crippen molar-refractivity contribution in [2.75, 3.05) is 18.8 Å². The highest BCUT2D eigenvalue weighted by molar-refractivity contribution is 7.99. The average molecular weight is 465 g/mol. The molecule has 2 aliphatic heterocycles. The summed E-state index contributed by atoms with van der Waals surface area (Å²) in [6.07, 6.45) is 4.59. The number of hydrogen-bond acceptors (Lipinski definition) is 5. The van der Waals surface area contributed by atoms with Crippen molar-refractivity contribution in [2.24, 2.45) is 5.92 Å². The van der Waals surface area contributed by atoms with Crippen LogP contribution >= 0.6 is 23.4 Å². The number of carboxylic acids is 1. The molecule has 9 heteroatoms. The topological polar surface area (TPSA) is 104 Å². The molecule has 7 nitrogen and oxygen atoms in total. The Labute approximate surface area is 190 Å². The average Bonchev–Trinajstić information content (AvgIpc) is 2.75. The number of carbonyl (C=O) groups is 4. The maximum Gasteiger partial charge on any atom is 0.325 e. The van der Waals surface area contributed by atoms with Crippen molar-refractivity contribution in [3.8, 4) is 0 Å². The van der Waals surface area contributed by atoms with E-state index in [1.807, 2.05) is 6.92 Å². The van der Waals surface area contributed by atoms with Crippen molar-refractivity contribution in [3.63, 3.8) is 0 Å². The van der Waals surface area contributed by atoms with Crippen LogP contribution in [0.3, 0.4) is 0 Å². The van der Waals surface area contributed by atoms with Crippen LogP contribution in [0, 0.1) is 12.8 Å². The van der Waals surface area contributed by atoms with E-state index in [9.17, 15) is 19.2 Å². The van der Waals surface area contributed by atoms with Crippen LogP contribution < -0.4 is 5.32 Å². The molecule has 1 atom stereocenters. The van der Waals surface area contributed by atoms with E-state index in [1.165, 1.54) is 13.0 Å². The first kappa shape index (κ1) is 23.3. The highest BCUT2D eigenvalue weighted by atomic mass is 35.5. The minimum Gasteiger partial charge on any atom is -0.480 e. The zero-order chi connectivity index (χ0) is 22.7. The zero-order valence-corrected chi connectivity index (χ0v) is 19.0. The van der Waals surface area contributed by atoms with Crippen LogP contribution in [0.5, 0.6) is 0 Å². The lowest BCUT2D eigenvalue weighted by atomic mass is 9.95. The van der Waals surface area contributed by atoms with Crippen molar-refractivity contribution < 1.29 is 24.3 Å². The molecule has 0 bridgehead atoms. The largest absolute Gasteiger partial charge is 0.480 e. The number of halogens is 1. The van der Waals surface area contributed by atoms with Crippen molar-refractivity contribution in [3.05, 3.63) is 33.9 Å². The summed E-state index contributed by atoms with van der Waals surface area (Å²) >= 11 is 8.05. The Bertz CT molecular complexity index is 954. The molecule has 0 unspecified atom stereocenters. The van der Waals surface area contributed by atoms with Gasteiger partial charge in [0.15, 0.2) is 5.78 Å². The van der Waals surface area contributed by atoms with E-state index >= 15 is 0 Å². The number of hydrogen-bond donors (Lipinski definition) is 2. The van der Waals surface area contributed by atoms with Crippen LogP contribution in [-0.4, -0.2) is 58.5 Å². The summed E-state index contributed by atoms with van der Waals surface area (Å²) in [6.45, 7) is 4.13. The number of nitrogens with zero attached hydrogens (tertiary/aromatic N) is 1. The molecule has 0 aliphatic carbocycles. The molecule has 166 valence electrons. The standard InChI is InChI=1S/C22H25ClN2O5S/c1-12-15(11-16-17(26)7-10-31-20(16)19(12)23)3-4-18(27)25-8-5-14(6-9-25)21(28)24-13(2)22(29)30/h3-4,11,13-14H,5-10H2,1-2H3,(H,24,28)(H,29,30)/b4-3+/t13-/m0/s1. The van der Waals surface area contributed by atoms with Gasteiger partial charge in [-0.25, -0.2) is 0 Å². The van der Waals surface area contributed by atoms with Crippen molar-refractivity contribution >= 4 is 53.0 Å². The molecule has 3 rings (SSSR count).